The van der Waals surface area contributed by atoms with Crippen LogP contribution in [0.25, 0.3) is 6.08 Å². The predicted octanol–water partition coefficient (Wildman–Crippen LogP) is 3.48. The molecule has 0 bridgehead atoms. The van der Waals surface area contributed by atoms with Crippen molar-refractivity contribution in [3.05, 3.63) is 23.8 Å². The normalized spacial score (nSPS) is 17.9. The van der Waals surface area contributed by atoms with Crippen molar-refractivity contribution in [2.24, 2.45) is 5.92 Å². The Bertz CT molecular complexity index is 400. The van der Waals surface area contributed by atoms with Crippen molar-refractivity contribution in [3.8, 4) is 0 Å². The van der Waals surface area contributed by atoms with E-state index in [0.717, 1.165) is 25.4 Å². The van der Waals surface area contributed by atoms with E-state index in [1.807, 2.05) is 19.6 Å². The van der Waals surface area contributed by atoms with Crippen LogP contribution < -0.4 is 5.32 Å². The smallest absolute Gasteiger partial charge is 0.0950 e. The molecule has 0 saturated heterocycles. The van der Waals surface area contributed by atoms with Crippen LogP contribution in [0.15, 0.2) is 18.1 Å². The van der Waals surface area contributed by atoms with E-state index < -0.39 is 0 Å². The lowest BCUT2D eigenvalue weighted by molar-refractivity contribution is 0.398. The first-order valence-electron chi connectivity index (χ1n) is 7.70. The van der Waals surface area contributed by atoms with Gasteiger partial charge in [0.25, 0.3) is 0 Å². The molecular formula is C16H27N3. The molecule has 106 valence electrons. The maximum Gasteiger partial charge on any atom is 0.0950 e. The Hall–Kier alpha value is -1.09. The summed E-state index contributed by atoms with van der Waals surface area (Å²) in [6, 6.07) is 0. The Morgan fingerprint density at radius 3 is 2.89 bits per heavy atom. The average molecular weight is 261 g/mol. The summed E-state index contributed by atoms with van der Waals surface area (Å²) >= 11 is 0. The van der Waals surface area contributed by atoms with Gasteiger partial charge in [0.1, 0.15) is 0 Å². The van der Waals surface area contributed by atoms with E-state index in [1.165, 1.54) is 37.8 Å². The van der Waals surface area contributed by atoms with Crippen LogP contribution >= 0.6 is 0 Å². The van der Waals surface area contributed by atoms with E-state index in [4.69, 9.17) is 0 Å². The molecule has 1 N–H and O–H groups in total. The summed E-state index contributed by atoms with van der Waals surface area (Å²) < 4.78 is 2.26. The Kier molecular flexibility index (Phi) is 5.64. The summed E-state index contributed by atoms with van der Waals surface area (Å²) in [6.07, 6.45) is 14.4. The van der Waals surface area contributed by atoms with E-state index in [1.54, 1.807) is 5.57 Å². The molecule has 1 aliphatic carbocycles. The van der Waals surface area contributed by atoms with Gasteiger partial charge in [-0.1, -0.05) is 31.8 Å². The highest BCUT2D eigenvalue weighted by Gasteiger charge is 2.17. The van der Waals surface area contributed by atoms with Crippen molar-refractivity contribution < 1.29 is 0 Å². The first kappa shape index (κ1) is 14.3. The molecule has 2 rings (SSSR count). The zero-order chi connectivity index (χ0) is 13.5. The molecule has 0 aliphatic heterocycles. The lowest BCUT2D eigenvalue weighted by Gasteiger charge is -2.24. The molecule has 0 aromatic carbocycles. The Labute approximate surface area is 117 Å². The molecule has 0 radical (unpaired) electrons. The summed E-state index contributed by atoms with van der Waals surface area (Å²) in [5, 5.41) is 3.33. The minimum atomic E-state index is 0.770. The molecule has 0 atom stereocenters. The van der Waals surface area contributed by atoms with Gasteiger partial charge >= 0.3 is 0 Å². The number of nitrogens with one attached hydrogen (secondary N) is 1. The van der Waals surface area contributed by atoms with Gasteiger partial charge in [-0.15, -0.1) is 0 Å². The fourth-order valence-corrected chi connectivity index (χ4v) is 3.06. The molecule has 0 spiro atoms. The van der Waals surface area contributed by atoms with E-state index >= 15 is 0 Å². The predicted molar refractivity (Wildman–Crippen MR) is 81.0 cm³/mol. The van der Waals surface area contributed by atoms with Crippen LogP contribution in [-0.4, -0.2) is 23.1 Å². The van der Waals surface area contributed by atoms with Gasteiger partial charge in [0, 0.05) is 13.1 Å². The largest absolute Gasteiger partial charge is 0.331 e. The third-order valence-corrected chi connectivity index (χ3v) is 4.05. The van der Waals surface area contributed by atoms with Crippen molar-refractivity contribution in [1.82, 2.24) is 14.9 Å². The van der Waals surface area contributed by atoms with E-state index in [9.17, 15) is 0 Å². The zero-order valence-corrected chi connectivity index (χ0v) is 12.4. The summed E-state index contributed by atoms with van der Waals surface area (Å²) in [6.45, 7) is 4.27. The van der Waals surface area contributed by atoms with Crippen molar-refractivity contribution in [2.45, 2.75) is 52.0 Å². The van der Waals surface area contributed by atoms with Crippen LogP contribution in [0.1, 0.15) is 51.1 Å². The molecule has 3 heteroatoms. The maximum atomic E-state index is 4.30. The zero-order valence-electron chi connectivity index (χ0n) is 12.4. The molecule has 0 amide bonds. The number of hydrogen-bond donors (Lipinski definition) is 1. The lowest BCUT2D eigenvalue weighted by atomic mass is 9.83. The second-order valence-corrected chi connectivity index (χ2v) is 5.60. The molecule has 1 aromatic rings. The molecule has 1 aliphatic rings. The molecule has 1 heterocycles. The van der Waals surface area contributed by atoms with Crippen molar-refractivity contribution >= 4 is 6.08 Å². The number of aromatic nitrogens is 2. The summed E-state index contributed by atoms with van der Waals surface area (Å²) in [4.78, 5) is 4.30. The monoisotopic (exact) mass is 261 g/mol. The second-order valence-electron chi connectivity index (χ2n) is 5.60. The van der Waals surface area contributed by atoms with Crippen LogP contribution in [0.2, 0.25) is 0 Å². The minimum Gasteiger partial charge on any atom is -0.331 e. The molecule has 1 aromatic heterocycles. The summed E-state index contributed by atoms with van der Waals surface area (Å²) in [5.41, 5.74) is 2.82. The fraction of sp³-hybridized carbons (Fsp3) is 0.688. The summed E-state index contributed by atoms with van der Waals surface area (Å²) in [7, 11) is 2.04. The van der Waals surface area contributed by atoms with E-state index in [2.05, 4.69) is 27.9 Å². The Balaban J connectivity index is 2.16. The maximum absolute atomic E-state index is 4.30. The minimum absolute atomic E-state index is 0.770. The number of rotatable bonds is 6. The van der Waals surface area contributed by atoms with E-state index in [-0.39, 0.29) is 0 Å². The number of aryl methyl sites for hydroxylation is 1. The standard InChI is InChI=1S/C16H27N3/c1-3-9-19-13-18-12-16(19)10-15(11-17-2)14-7-5-4-6-8-14/h10,12-14,17H,3-9,11H2,1-2H3. The first-order chi connectivity index (χ1) is 9.35. The van der Waals surface area contributed by atoms with Gasteiger partial charge < -0.3 is 9.88 Å². The van der Waals surface area contributed by atoms with Gasteiger partial charge in [-0.2, -0.15) is 0 Å². The number of nitrogens with zero attached hydrogens (tertiary/aromatic N) is 2. The molecule has 0 unspecified atom stereocenters. The second kappa shape index (κ2) is 7.49. The number of hydrogen-bond acceptors (Lipinski definition) is 2. The van der Waals surface area contributed by atoms with Crippen LogP contribution in [-0.2, 0) is 6.54 Å². The SMILES string of the molecule is CCCn1cncc1C=C(CNC)C1CCCCC1. The van der Waals surface area contributed by atoms with E-state index in [0.29, 0.717) is 0 Å². The highest BCUT2D eigenvalue weighted by Crippen LogP contribution is 2.30. The summed E-state index contributed by atoms with van der Waals surface area (Å²) in [5.74, 6) is 0.770. The van der Waals surface area contributed by atoms with Gasteiger partial charge in [-0.05, 0) is 38.3 Å². The topological polar surface area (TPSA) is 29.9 Å². The van der Waals surface area contributed by atoms with Gasteiger partial charge in [0.15, 0.2) is 0 Å². The Morgan fingerprint density at radius 2 is 2.21 bits per heavy atom. The van der Waals surface area contributed by atoms with Crippen LogP contribution in [0.5, 0.6) is 0 Å². The average Bonchev–Trinajstić information content (AvgIpc) is 2.87. The van der Waals surface area contributed by atoms with Crippen LogP contribution in [0, 0.1) is 5.92 Å². The van der Waals surface area contributed by atoms with Crippen LogP contribution in [0.3, 0.4) is 0 Å². The number of imidazole rings is 1. The quantitative estimate of drug-likeness (QED) is 0.849. The molecule has 1 fully saturated rings. The first-order valence-corrected chi connectivity index (χ1v) is 7.70. The van der Waals surface area contributed by atoms with Crippen molar-refractivity contribution in [3.63, 3.8) is 0 Å². The van der Waals surface area contributed by atoms with Gasteiger partial charge in [-0.25, -0.2) is 4.98 Å². The third-order valence-electron chi connectivity index (χ3n) is 4.05. The highest BCUT2D eigenvalue weighted by atomic mass is 15.0. The molecule has 3 nitrogen and oxygen atoms in total. The molecule has 1 saturated carbocycles. The van der Waals surface area contributed by atoms with Crippen molar-refractivity contribution in [1.29, 1.82) is 0 Å². The Morgan fingerprint density at radius 1 is 1.42 bits per heavy atom. The molecular weight excluding hydrogens is 234 g/mol. The van der Waals surface area contributed by atoms with Gasteiger partial charge in [0.2, 0.25) is 0 Å². The van der Waals surface area contributed by atoms with Crippen molar-refractivity contribution in [2.75, 3.05) is 13.6 Å². The molecule has 19 heavy (non-hydrogen) atoms. The van der Waals surface area contributed by atoms with Crippen LogP contribution in [0.4, 0.5) is 0 Å². The highest BCUT2D eigenvalue weighted by molar-refractivity contribution is 5.50. The van der Waals surface area contributed by atoms with Gasteiger partial charge in [-0.3, -0.25) is 0 Å². The third kappa shape index (κ3) is 3.93. The number of likely N-dealkylation sites (N-methyl/N-ethyl adjacent to an activating group) is 1. The fourth-order valence-electron chi connectivity index (χ4n) is 3.06. The lowest BCUT2D eigenvalue weighted by Crippen LogP contribution is -2.19. The van der Waals surface area contributed by atoms with Gasteiger partial charge in [0.05, 0.1) is 18.2 Å².